The minimum absolute atomic E-state index is 0.176. The fraction of sp³-hybridized carbons (Fsp3) is 0.136. The van der Waals surface area contributed by atoms with Crippen molar-refractivity contribution in [3.63, 3.8) is 0 Å². The van der Waals surface area contributed by atoms with Crippen molar-refractivity contribution in [2.24, 2.45) is 0 Å². The summed E-state index contributed by atoms with van der Waals surface area (Å²) < 4.78 is 32.8. The predicted molar refractivity (Wildman–Crippen MR) is 113 cm³/mol. The molecule has 0 aliphatic carbocycles. The van der Waals surface area contributed by atoms with Gasteiger partial charge in [0.15, 0.2) is 0 Å². The van der Waals surface area contributed by atoms with Crippen molar-refractivity contribution in [1.82, 2.24) is 5.32 Å². The number of sulfonamides is 1. The number of carbonyl (C=O) groups excluding carboxylic acids is 1. The molecule has 0 atom stereocenters. The number of anilines is 1. The zero-order chi connectivity index (χ0) is 20.7. The van der Waals surface area contributed by atoms with Gasteiger partial charge in [-0.05, 0) is 61.0 Å². The molecule has 0 aliphatic heterocycles. The normalized spacial score (nSPS) is 10.9. The molecule has 0 heterocycles. The van der Waals surface area contributed by atoms with E-state index in [4.69, 9.17) is 4.74 Å². The molecule has 0 saturated carbocycles. The van der Waals surface area contributed by atoms with Crippen molar-refractivity contribution in [1.29, 1.82) is 0 Å². The number of nitrogens with one attached hydrogen (secondary N) is 2. The fourth-order valence-electron chi connectivity index (χ4n) is 2.64. The van der Waals surface area contributed by atoms with Crippen molar-refractivity contribution in [3.05, 3.63) is 90.0 Å². The molecule has 0 bridgehead atoms. The number of aryl methyl sites for hydroxylation is 1. The van der Waals surface area contributed by atoms with Crippen LogP contribution in [0.2, 0.25) is 0 Å². The highest BCUT2D eigenvalue weighted by atomic mass is 32.2. The van der Waals surface area contributed by atoms with E-state index in [1.165, 1.54) is 12.1 Å². The van der Waals surface area contributed by atoms with E-state index in [2.05, 4.69) is 10.0 Å². The summed E-state index contributed by atoms with van der Waals surface area (Å²) in [6.45, 7) is 2.69. The molecule has 3 rings (SSSR count). The summed E-state index contributed by atoms with van der Waals surface area (Å²) in [5, 5.41) is 2.77. The SMILES string of the molecule is Cc1cccc(OCCNC(=O)c2ccc(NS(=O)(=O)c3ccccc3)cc2)c1. The topological polar surface area (TPSA) is 84.5 Å². The van der Waals surface area contributed by atoms with Crippen molar-refractivity contribution < 1.29 is 17.9 Å². The van der Waals surface area contributed by atoms with Gasteiger partial charge < -0.3 is 10.1 Å². The first-order chi connectivity index (χ1) is 13.9. The Morgan fingerprint density at radius 1 is 0.931 bits per heavy atom. The van der Waals surface area contributed by atoms with Crippen LogP contribution in [0.4, 0.5) is 5.69 Å². The first-order valence-electron chi connectivity index (χ1n) is 9.10. The molecule has 0 fully saturated rings. The third-order valence-electron chi connectivity index (χ3n) is 4.10. The summed E-state index contributed by atoms with van der Waals surface area (Å²) in [7, 11) is -3.66. The molecule has 0 aromatic heterocycles. The molecule has 6 nitrogen and oxygen atoms in total. The number of rotatable bonds is 8. The van der Waals surface area contributed by atoms with Crippen LogP contribution >= 0.6 is 0 Å². The molecule has 0 saturated heterocycles. The van der Waals surface area contributed by atoms with E-state index >= 15 is 0 Å². The third kappa shape index (κ3) is 5.83. The quantitative estimate of drug-likeness (QED) is 0.556. The largest absolute Gasteiger partial charge is 0.492 e. The highest BCUT2D eigenvalue weighted by Gasteiger charge is 2.13. The molecule has 0 radical (unpaired) electrons. The van der Waals surface area contributed by atoms with Crippen LogP contribution in [0, 0.1) is 6.92 Å². The van der Waals surface area contributed by atoms with Crippen molar-refractivity contribution >= 4 is 21.6 Å². The summed E-state index contributed by atoms with van der Waals surface area (Å²) in [5.74, 6) is 0.504. The lowest BCUT2D eigenvalue weighted by Crippen LogP contribution is -2.28. The van der Waals surface area contributed by atoms with Crippen LogP contribution in [0.15, 0.2) is 83.8 Å². The van der Waals surface area contributed by atoms with E-state index in [0.717, 1.165) is 11.3 Å². The minimum Gasteiger partial charge on any atom is -0.492 e. The first-order valence-corrected chi connectivity index (χ1v) is 10.6. The van der Waals surface area contributed by atoms with Crippen LogP contribution in [0.1, 0.15) is 15.9 Å². The Morgan fingerprint density at radius 3 is 2.34 bits per heavy atom. The highest BCUT2D eigenvalue weighted by molar-refractivity contribution is 7.92. The van der Waals surface area contributed by atoms with Gasteiger partial charge in [0.1, 0.15) is 12.4 Å². The van der Waals surface area contributed by atoms with Crippen molar-refractivity contribution in [3.8, 4) is 5.75 Å². The second-order valence-corrected chi connectivity index (χ2v) is 8.10. The molecule has 3 aromatic rings. The van der Waals surface area contributed by atoms with Crippen LogP contribution in [-0.2, 0) is 10.0 Å². The van der Waals surface area contributed by atoms with E-state index in [1.807, 2.05) is 31.2 Å². The lowest BCUT2D eigenvalue weighted by molar-refractivity contribution is 0.0947. The average molecular weight is 410 g/mol. The molecule has 29 heavy (non-hydrogen) atoms. The molecule has 2 N–H and O–H groups in total. The second-order valence-electron chi connectivity index (χ2n) is 6.42. The summed E-state index contributed by atoms with van der Waals surface area (Å²) >= 11 is 0. The summed E-state index contributed by atoms with van der Waals surface area (Å²) in [6.07, 6.45) is 0. The average Bonchev–Trinajstić information content (AvgIpc) is 2.72. The second kappa shape index (κ2) is 9.25. The fourth-order valence-corrected chi connectivity index (χ4v) is 3.72. The molecule has 7 heteroatoms. The van der Waals surface area contributed by atoms with Gasteiger partial charge in [0.2, 0.25) is 0 Å². The lowest BCUT2D eigenvalue weighted by Gasteiger charge is -2.10. The Labute approximate surface area is 170 Å². The van der Waals surface area contributed by atoms with Crippen molar-refractivity contribution in [2.75, 3.05) is 17.9 Å². The van der Waals surface area contributed by atoms with Crippen LogP contribution < -0.4 is 14.8 Å². The van der Waals surface area contributed by atoms with Gasteiger partial charge in [-0.3, -0.25) is 9.52 Å². The van der Waals surface area contributed by atoms with Gasteiger partial charge in [0.25, 0.3) is 15.9 Å². The first kappa shape index (κ1) is 20.4. The molecular formula is C22H22N2O4S. The Hall–Kier alpha value is -3.32. The van der Waals surface area contributed by atoms with Crippen molar-refractivity contribution in [2.45, 2.75) is 11.8 Å². The third-order valence-corrected chi connectivity index (χ3v) is 5.50. The number of hydrogen-bond acceptors (Lipinski definition) is 4. The molecule has 0 unspecified atom stereocenters. The van der Waals surface area contributed by atoms with Crippen LogP contribution in [0.3, 0.4) is 0 Å². The monoisotopic (exact) mass is 410 g/mol. The number of benzene rings is 3. The van der Waals surface area contributed by atoms with E-state index in [9.17, 15) is 13.2 Å². The zero-order valence-corrected chi connectivity index (χ0v) is 16.8. The maximum atomic E-state index is 12.3. The van der Waals surface area contributed by atoms with Gasteiger partial charge in [0.05, 0.1) is 11.4 Å². The number of carbonyl (C=O) groups is 1. The number of ether oxygens (including phenoxy) is 1. The van der Waals surface area contributed by atoms with E-state index in [-0.39, 0.29) is 10.8 Å². The summed E-state index contributed by atoms with van der Waals surface area (Å²) in [4.78, 5) is 12.4. The number of amides is 1. The van der Waals surface area contributed by atoms with Crippen LogP contribution in [-0.4, -0.2) is 27.5 Å². The Kier molecular flexibility index (Phi) is 6.51. The van der Waals surface area contributed by atoms with E-state index < -0.39 is 10.0 Å². The smallest absolute Gasteiger partial charge is 0.261 e. The van der Waals surface area contributed by atoms with Gasteiger partial charge in [-0.1, -0.05) is 30.3 Å². The molecular weight excluding hydrogens is 388 g/mol. The maximum Gasteiger partial charge on any atom is 0.261 e. The lowest BCUT2D eigenvalue weighted by atomic mass is 10.2. The van der Waals surface area contributed by atoms with Crippen LogP contribution in [0.5, 0.6) is 5.75 Å². The highest BCUT2D eigenvalue weighted by Crippen LogP contribution is 2.16. The summed E-state index contributed by atoms with van der Waals surface area (Å²) in [6, 6.07) is 22.0. The van der Waals surface area contributed by atoms with Gasteiger partial charge in [0, 0.05) is 11.3 Å². The predicted octanol–water partition coefficient (Wildman–Crippen LogP) is 3.60. The molecule has 0 aliphatic rings. The number of hydrogen-bond donors (Lipinski definition) is 2. The molecule has 0 spiro atoms. The van der Waals surface area contributed by atoms with Crippen LogP contribution in [0.25, 0.3) is 0 Å². The van der Waals surface area contributed by atoms with Gasteiger partial charge in [-0.15, -0.1) is 0 Å². The Bertz CT molecular complexity index is 1070. The van der Waals surface area contributed by atoms with E-state index in [0.29, 0.717) is 24.4 Å². The molecule has 1 amide bonds. The molecule has 150 valence electrons. The summed E-state index contributed by atoms with van der Waals surface area (Å²) in [5.41, 5.74) is 1.92. The Balaban J connectivity index is 1.51. The Morgan fingerprint density at radius 2 is 1.66 bits per heavy atom. The van der Waals surface area contributed by atoms with Gasteiger partial charge in [-0.2, -0.15) is 0 Å². The van der Waals surface area contributed by atoms with E-state index in [1.54, 1.807) is 42.5 Å². The standard InChI is InChI=1S/C22H22N2O4S/c1-17-6-5-7-20(16-17)28-15-14-23-22(25)18-10-12-19(13-11-18)24-29(26,27)21-8-3-2-4-9-21/h2-13,16,24H,14-15H2,1H3,(H,23,25). The zero-order valence-electron chi connectivity index (χ0n) is 16.0. The molecule has 3 aromatic carbocycles. The minimum atomic E-state index is -3.66. The maximum absolute atomic E-state index is 12.3. The van der Waals surface area contributed by atoms with Gasteiger partial charge >= 0.3 is 0 Å². The van der Waals surface area contributed by atoms with Gasteiger partial charge in [-0.25, -0.2) is 8.42 Å².